The van der Waals surface area contributed by atoms with Crippen LogP contribution in [-0.4, -0.2) is 55.7 Å². The van der Waals surface area contributed by atoms with Crippen LogP contribution < -0.4 is 14.3 Å². The normalized spacial score (nSPS) is 15.6. The SMILES string of the molecule is COCP(=O)(N[C@@H](C)C(=O)OC(C)C)Oc1c(C/C=C(\C)CCC(=O)O)c(OC)c(C)c2c1C(=O)OC2. The number of benzene rings is 1. The summed E-state index contributed by atoms with van der Waals surface area (Å²) in [4.78, 5) is 36.1. The Labute approximate surface area is 216 Å². The Morgan fingerprint density at radius 3 is 2.43 bits per heavy atom. The second-order valence-electron chi connectivity index (χ2n) is 9.06. The number of hydrogen-bond donors (Lipinski definition) is 2. The highest BCUT2D eigenvalue weighted by Gasteiger charge is 2.38. The van der Waals surface area contributed by atoms with Crippen LogP contribution in [0.25, 0.3) is 0 Å². The molecule has 0 spiro atoms. The van der Waals surface area contributed by atoms with Crippen LogP contribution in [-0.2, 0) is 41.4 Å². The van der Waals surface area contributed by atoms with Crippen molar-refractivity contribution in [2.24, 2.45) is 0 Å². The van der Waals surface area contributed by atoms with Crippen LogP contribution in [0.4, 0.5) is 0 Å². The lowest BCUT2D eigenvalue weighted by Crippen LogP contribution is -2.36. The molecule has 1 aromatic carbocycles. The zero-order chi connectivity index (χ0) is 27.9. The molecule has 0 saturated heterocycles. The predicted octanol–water partition coefficient (Wildman–Crippen LogP) is 4.13. The number of ether oxygens (including phenoxy) is 4. The molecule has 1 aromatic rings. The van der Waals surface area contributed by atoms with Gasteiger partial charge in [0.1, 0.15) is 36.1 Å². The first kappa shape index (κ1) is 30.3. The van der Waals surface area contributed by atoms with E-state index in [0.717, 1.165) is 5.57 Å². The monoisotopic (exact) mass is 541 g/mol. The van der Waals surface area contributed by atoms with Crippen molar-refractivity contribution in [2.75, 3.05) is 20.6 Å². The largest absolute Gasteiger partial charge is 0.496 e. The van der Waals surface area contributed by atoms with Crippen molar-refractivity contribution in [2.45, 2.75) is 72.6 Å². The highest BCUT2D eigenvalue weighted by atomic mass is 31.2. The highest BCUT2D eigenvalue weighted by molar-refractivity contribution is 7.57. The van der Waals surface area contributed by atoms with Crippen LogP contribution in [0.15, 0.2) is 11.6 Å². The molecule has 2 N–H and O–H groups in total. The fourth-order valence-electron chi connectivity index (χ4n) is 3.88. The number of nitrogens with one attached hydrogen (secondary N) is 1. The van der Waals surface area contributed by atoms with Gasteiger partial charge in [-0.05, 0) is 53.0 Å². The van der Waals surface area contributed by atoms with E-state index in [1.165, 1.54) is 21.1 Å². The molecule has 206 valence electrons. The summed E-state index contributed by atoms with van der Waals surface area (Å²) in [5.41, 5.74) is 2.58. The third-order valence-electron chi connectivity index (χ3n) is 5.65. The van der Waals surface area contributed by atoms with Crippen molar-refractivity contribution < 1.29 is 47.5 Å². The quantitative estimate of drug-likeness (QED) is 0.199. The van der Waals surface area contributed by atoms with E-state index >= 15 is 0 Å². The van der Waals surface area contributed by atoms with Crippen LogP contribution in [0.2, 0.25) is 0 Å². The predicted molar refractivity (Wildman–Crippen MR) is 135 cm³/mol. The molecule has 0 saturated carbocycles. The number of aliphatic carboxylic acids is 1. The third kappa shape index (κ3) is 7.80. The van der Waals surface area contributed by atoms with E-state index in [9.17, 15) is 18.9 Å². The number of fused-ring (bicyclic) bond motifs is 1. The standard InChI is InChI=1S/C25H36NO10P/c1-14(2)35-24(29)17(5)26-37(31,13-32-6)36-23-18(10-8-15(3)9-11-20(27)28)22(33-7)16(4)19-12-34-25(30)21(19)23/h8,14,17H,9-13H2,1-7H3,(H,26,31)(H,27,28)/b15-8+/t17-,37?/m0/s1. The Hall–Kier alpha value is -2.88. The summed E-state index contributed by atoms with van der Waals surface area (Å²) in [7, 11) is -1.13. The molecule has 0 bridgehead atoms. The number of carbonyl (C=O) groups is 3. The fourth-order valence-corrected chi connectivity index (χ4v) is 5.59. The summed E-state index contributed by atoms with van der Waals surface area (Å²) in [6.45, 7) is 8.46. The van der Waals surface area contributed by atoms with E-state index < -0.39 is 37.8 Å². The van der Waals surface area contributed by atoms with E-state index in [1.54, 1.807) is 33.8 Å². The number of hydrogen-bond acceptors (Lipinski definition) is 9. The number of cyclic esters (lactones) is 1. The maximum atomic E-state index is 13.9. The first-order valence-corrected chi connectivity index (χ1v) is 13.7. The van der Waals surface area contributed by atoms with Crippen molar-refractivity contribution in [3.63, 3.8) is 0 Å². The van der Waals surface area contributed by atoms with Gasteiger partial charge in [0.25, 0.3) is 0 Å². The lowest BCUT2D eigenvalue weighted by atomic mass is 9.94. The molecule has 1 aliphatic rings. The number of carboxylic acid groups (broad SMARTS) is 1. The molecule has 2 atom stereocenters. The van der Waals surface area contributed by atoms with Gasteiger partial charge in [-0.2, -0.15) is 0 Å². The first-order chi connectivity index (χ1) is 17.3. The summed E-state index contributed by atoms with van der Waals surface area (Å²) in [5.74, 6) is -1.76. The van der Waals surface area contributed by atoms with Gasteiger partial charge in [0.05, 0.1) is 13.2 Å². The molecular weight excluding hydrogens is 505 g/mol. The number of allylic oxidation sites excluding steroid dienone is 2. The van der Waals surface area contributed by atoms with Crippen LogP contribution >= 0.6 is 7.52 Å². The van der Waals surface area contributed by atoms with E-state index in [1.807, 2.05) is 0 Å². The van der Waals surface area contributed by atoms with Crippen molar-refractivity contribution in [1.82, 2.24) is 5.09 Å². The maximum absolute atomic E-state index is 13.9. The Morgan fingerprint density at radius 1 is 1.19 bits per heavy atom. The van der Waals surface area contributed by atoms with Crippen molar-refractivity contribution >= 4 is 25.4 Å². The number of carboxylic acids is 1. The second kappa shape index (κ2) is 13.1. The number of rotatable bonds is 14. The van der Waals surface area contributed by atoms with Crippen LogP contribution in [0.1, 0.15) is 67.6 Å². The van der Waals surface area contributed by atoms with Gasteiger partial charge in [0.15, 0.2) is 0 Å². The van der Waals surface area contributed by atoms with Gasteiger partial charge in [-0.3, -0.25) is 14.2 Å². The lowest BCUT2D eigenvalue weighted by molar-refractivity contribution is -0.149. The fraction of sp³-hybridized carbons (Fsp3) is 0.560. The van der Waals surface area contributed by atoms with Gasteiger partial charge in [-0.1, -0.05) is 11.6 Å². The summed E-state index contributed by atoms with van der Waals surface area (Å²) >= 11 is 0. The topological polar surface area (TPSA) is 147 Å². The van der Waals surface area contributed by atoms with Gasteiger partial charge >= 0.3 is 25.4 Å². The maximum Gasteiger partial charge on any atom is 0.342 e. The Morgan fingerprint density at radius 2 is 1.86 bits per heavy atom. The van der Waals surface area contributed by atoms with Gasteiger partial charge in [-0.15, -0.1) is 0 Å². The molecule has 1 aliphatic heterocycles. The lowest BCUT2D eigenvalue weighted by Gasteiger charge is -2.26. The third-order valence-corrected chi connectivity index (χ3v) is 7.50. The molecule has 1 unspecified atom stereocenters. The minimum absolute atomic E-state index is 0.000393. The minimum Gasteiger partial charge on any atom is -0.496 e. The molecule has 11 nitrogen and oxygen atoms in total. The molecule has 2 rings (SSSR count). The first-order valence-electron chi connectivity index (χ1n) is 11.9. The molecule has 37 heavy (non-hydrogen) atoms. The molecule has 0 fully saturated rings. The van der Waals surface area contributed by atoms with Gasteiger partial charge in [0, 0.05) is 24.7 Å². The Balaban J connectivity index is 2.59. The molecular formula is C25H36NO10P. The smallest absolute Gasteiger partial charge is 0.342 e. The zero-order valence-corrected chi connectivity index (χ0v) is 23.2. The van der Waals surface area contributed by atoms with Crippen LogP contribution in [0.5, 0.6) is 11.5 Å². The number of esters is 2. The summed E-state index contributed by atoms with van der Waals surface area (Å²) in [6, 6.07) is -1.00. The van der Waals surface area contributed by atoms with Crippen molar-refractivity contribution in [3.05, 3.63) is 33.9 Å². The summed E-state index contributed by atoms with van der Waals surface area (Å²) < 4.78 is 41.2. The summed E-state index contributed by atoms with van der Waals surface area (Å²) in [6.07, 6.45) is 1.52. The molecule has 12 heteroatoms. The van der Waals surface area contributed by atoms with Gasteiger partial charge in [0.2, 0.25) is 0 Å². The van der Waals surface area contributed by atoms with Gasteiger partial charge in [-0.25, -0.2) is 9.88 Å². The minimum atomic E-state index is -3.93. The van der Waals surface area contributed by atoms with Crippen molar-refractivity contribution in [3.8, 4) is 11.5 Å². The Kier molecular flexibility index (Phi) is 10.7. The van der Waals surface area contributed by atoms with E-state index in [0.29, 0.717) is 28.9 Å². The molecule has 1 heterocycles. The van der Waals surface area contributed by atoms with E-state index in [-0.39, 0.29) is 36.9 Å². The molecule has 0 amide bonds. The van der Waals surface area contributed by atoms with Gasteiger partial charge < -0.3 is 28.6 Å². The van der Waals surface area contributed by atoms with Crippen molar-refractivity contribution in [1.29, 1.82) is 0 Å². The molecule has 0 aliphatic carbocycles. The average molecular weight is 542 g/mol. The van der Waals surface area contributed by atoms with E-state index in [2.05, 4.69) is 5.09 Å². The average Bonchev–Trinajstić information content (AvgIpc) is 3.19. The van der Waals surface area contributed by atoms with Crippen LogP contribution in [0, 0.1) is 6.92 Å². The number of carbonyl (C=O) groups excluding carboxylic acids is 2. The summed E-state index contributed by atoms with van der Waals surface area (Å²) in [5, 5.41) is 11.7. The molecule has 0 aromatic heterocycles. The number of methoxy groups -OCH3 is 2. The Bertz CT molecular complexity index is 1110. The van der Waals surface area contributed by atoms with E-state index in [4.69, 9.17) is 28.6 Å². The zero-order valence-electron chi connectivity index (χ0n) is 22.3. The van der Waals surface area contributed by atoms with Crippen LogP contribution in [0.3, 0.4) is 0 Å². The second-order valence-corrected chi connectivity index (χ2v) is 11.1. The molecule has 0 radical (unpaired) electrons. The highest BCUT2D eigenvalue weighted by Crippen LogP contribution is 2.51.